The van der Waals surface area contributed by atoms with Gasteiger partial charge in [-0.25, -0.2) is 4.98 Å². The minimum absolute atomic E-state index is 0.712. The maximum absolute atomic E-state index is 5.75. The lowest BCUT2D eigenvalue weighted by atomic mass is 10.3. The van der Waals surface area contributed by atoms with Crippen LogP contribution in [0.5, 0.6) is 5.75 Å². The van der Waals surface area contributed by atoms with Crippen molar-refractivity contribution < 1.29 is 9.15 Å². The van der Waals surface area contributed by atoms with Crippen LogP contribution < -0.4 is 4.74 Å². The van der Waals surface area contributed by atoms with Crippen LogP contribution in [-0.4, -0.2) is 12.1 Å². The molecule has 3 nitrogen and oxygen atoms in total. The van der Waals surface area contributed by atoms with Crippen LogP contribution in [-0.2, 0) is 5.75 Å². The second kappa shape index (κ2) is 6.37. The van der Waals surface area contributed by atoms with Gasteiger partial charge < -0.3 is 9.15 Å². The number of benzene rings is 1. The van der Waals surface area contributed by atoms with Gasteiger partial charge in [-0.05, 0) is 36.6 Å². The van der Waals surface area contributed by atoms with Crippen LogP contribution in [0.1, 0.15) is 11.5 Å². The molecule has 108 valence electrons. The van der Waals surface area contributed by atoms with Gasteiger partial charge >= 0.3 is 0 Å². The topological polar surface area (TPSA) is 35.3 Å². The minimum Gasteiger partial charge on any atom is -0.497 e. The Bertz CT molecular complexity index is 720. The summed E-state index contributed by atoms with van der Waals surface area (Å²) >= 11 is 3.37. The number of oxazole rings is 1. The molecule has 0 spiro atoms. The van der Waals surface area contributed by atoms with E-state index in [9.17, 15) is 0 Å². The number of methoxy groups -OCH3 is 1. The van der Waals surface area contributed by atoms with Crippen LogP contribution >= 0.6 is 23.1 Å². The number of thioether (sulfide) groups is 1. The molecule has 0 unspecified atom stereocenters. The smallest absolute Gasteiger partial charge is 0.236 e. The van der Waals surface area contributed by atoms with Crippen molar-refractivity contribution in [2.45, 2.75) is 17.6 Å². The zero-order valence-corrected chi connectivity index (χ0v) is 13.5. The number of rotatable bonds is 5. The monoisotopic (exact) mass is 317 g/mol. The fourth-order valence-electron chi connectivity index (χ4n) is 1.91. The molecular formula is C16H15NO2S2. The minimum atomic E-state index is 0.712. The van der Waals surface area contributed by atoms with Crippen molar-refractivity contribution in [1.82, 2.24) is 4.98 Å². The van der Waals surface area contributed by atoms with E-state index in [0.717, 1.165) is 32.7 Å². The van der Waals surface area contributed by atoms with Gasteiger partial charge in [-0.1, -0.05) is 12.1 Å². The first-order valence-electron chi connectivity index (χ1n) is 6.53. The number of aryl methyl sites for hydroxylation is 1. The van der Waals surface area contributed by atoms with Crippen LogP contribution in [0.2, 0.25) is 0 Å². The molecule has 5 heteroatoms. The summed E-state index contributed by atoms with van der Waals surface area (Å²) in [5.41, 5.74) is 0.992. The molecule has 0 atom stereocenters. The number of hydrogen-bond acceptors (Lipinski definition) is 5. The standard InChI is InChI=1S/C16H15NO2S2/c1-11-14(17-16(19-11)15-7-4-8-20-15)10-21-13-6-3-5-12(9-13)18-2/h3-9H,10H2,1-2H3. The third kappa shape index (κ3) is 3.31. The number of aromatic nitrogens is 1. The molecular weight excluding hydrogens is 302 g/mol. The van der Waals surface area contributed by atoms with E-state index in [0.29, 0.717) is 5.89 Å². The molecule has 1 aromatic carbocycles. The van der Waals surface area contributed by atoms with Crippen molar-refractivity contribution in [3.63, 3.8) is 0 Å². The maximum Gasteiger partial charge on any atom is 0.236 e. The van der Waals surface area contributed by atoms with Gasteiger partial charge in [0.2, 0.25) is 5.89 Å². The van der Waals surface area contributed by atoms with Gasteiger partial charge in [0.15, 0.2) is 0 Å². The second-order valence-corrected chi connectivity index (χ2v) is 6.46. The zero-order valence-electron chi connectivity index (χ0n) is 11.8. The average Bonchev–Trinajstić information content (AvgIpc) is 3.15. The Morgan fingerprint density at radius 2 is 2.19 bits per heavy atom. The molecule has 0 aliphatic heterocycles. The summed E-state index contributed by atoms with van der Waals surface area (Å²) in [6.07, 6.45) is 0. The van der Waals surface area contributed by atoms with Crippen LogP contribution in [0.25, 0.3) is 10.8 Å². The van der Waals surface area contributed by atoms with E-state index in [1.807, 2.05) is 42.6 Å². The molecule has 0 radical (unpaired) electrons. The third-order valence-corrected chi connectivity index (χ3v) is 4.90. The summed E-state index contributed by atoms with van der Waals surface area (Å²) in [5.74, 6) is 3.25. The SMILES string of the molecule is COc1cccc(SCc2nc(-c3cccs3)oc2C)c1. The number of hydrogen-bond donors (Lipinski definition) is 0. The van der Waals surface area contributed by atoms with Gasteiger partial charge in [0.25, 0.3) is 0 Å². The Balaban J connectivity index is 1.73. The van der Waals surface area contributed by atoms with Crippen LogP contribution in [0, 0.1) is 6.92 Å². The lowest BCUT2D eigenvalue weighted by Gasteiger charge is -2.03. The Morgan fingerprint density at radius 3 is 2.95 bits per heavy atom. The molecule has 0 saturated heterocycles. The summed E-state index contributed by atoms with van der Waals surface area (Å²) in [5, 5.41) is 2.03. The fourth-order valence-corrected chi connectivity index (χ4v) is 3.50. The number of ether oxygens (including phenoxy) is 1. The first kappa shape index (κ1) is 14.2. The quantitative estimate of drug-likeness (QED) is 0.619. The van der Waals surface area contributed by atoms with Gasteiger partial charge in [0.05, 0.1) is 17.7 Å². The van der Waals surface area contributed by atoms with Crippen molar-refractivity contribution in [2.75, 3.05) is 7.11 Å². The molecule has 3 aromatic rings. The molecule has 3 rings (SSSR count). The average molecular weight is 317 g/mol. The Morgan fingerprint density at radius 1 is 1.29 bits per heavy atom. The van der Waals surface area contributed by atoms with Gasteiger partial charge in [0, 0.05) is 10.6 Å². The van der Waals surface area contributed by atoms with E-state index in [2.05, 4.69) is 11.1 Å². The predicted octanol–water partition coefficient (Wildman–Crippen LogP) is 5.01. The molecule has 0 aliphatic rings. The molecule has 2 heterocycles. The van der Waals surface area contributed by atoms with Gasteiger partial charge in [-0.3, -0.25) is 0 Å². The largest absolute Gasteiger partial charge is 0.497 e. The highest BCUT2D eigenvalue weighted by atomic mass is 32.2. The lowest BCUT2D eigenvalue weighted by molar-refractivity contribution is 0.413. The first-order valence-corrected chi connectivity index (χ1v) is 8.40. The predicted molar refractivity (Wildman–Crippen MR) is 87.1 cm³/mol. The van der Waals surface area contributed by atoms with E-state index in [1.165, 1.54) is 0 Å². The second-order valence-electron chi connectivity index (χ2n) is 4.47. The Kier molecular flexibility index (Phi) is 4.31. The highest BCUT2D eigenvalue weighted by Crippen LogP contribution is 2.30. The molecule has 0 aliphatic carbocycles. The summed E-state index contributed by atoms with van der Waals surface area (Å²) in [6, 6.07) is 12.1. The lowest BCUT2D eigenvalue weighted by Crippen LogP contribution is -1.85. The maximum atomic E-state index is 5.75. The fraction of sp³-hybridized carbons (Fsp3) is 0.188. The van der Waals surface area contributed by atoms with Crippen molar-refractivity contribution >= 4 is 23.1 Å². The highest BCUT2D eigenvalue weighted by Gasteiger charge is 2.12. The number of thiophene rings is 1. The van der Waals surface area contributed by atoms with Crippen molar-refractivity contribution in [2.24, 2.45) is 0 Å². The van der Waals surface area contributed by atoms with Crippen LogP contribution in [0.3, 0.4) is 0 Å². The summed E-state index contributed by atoms with van der Waals surface area (Å²) in [7, 11) is 1.68. The Labute approximate surface area is 132 Å². The number of nitrogens with zero attached hydrogens (tertiary/aromatic N) is 1. The van der Waals surface area contributed by atoms with Crippen molar-refractivity contribution in [3.05, 3.63) is 53.2 Å². The van der Waals surface area contributed by atoms with Gasteiger partial charge in [0.1, 0.15) is 11.5 Å². The summed E-state index contributed by atoms with van der Waals surface area (Å²) in [6.45, 7) is 1.96. The normalized spacial score (nSPS) is 10.8. The summed E-state index contributed by atoms with van der Waals surface area (Å²) in [4.78, 5) is 6.83. The van der Waals surface area contributed by atoms with E-state index in [1.54, 1.807) is 30.2 Å². The molecule has 21 heavy (non-hydrogen) atoms. The first-order chi connectivity index (χ1) is 10.3. The van der Waals surface area contributed by atoms with Gasteiger partial charge in [-0.15, -0.1) is 23.1 Å². The molecule has 0 N–H and O–H groups in total. The van der Waals surface area contributed by atoms with E-state index in [4.69, 9.17) is 9.15 Å². The molecule has 0 saturated carbocycles. The van der Waals surface area contributed by atoms with E-state index >= 15 is 0 Å². The molecule has 0 bridgehead atoms. The molecule has 2 aromatic heterocycles. The van der Waals surface area contributed by atoms with E-state index in [-0.39, 0.29) is 0 Å². The molecule has 0 amide bonds. The Hall–Kier alpha value is -1.72. The van der Waals surface area contributed by atoms with E-state index < -0.39 is 0 Å². The third-order valence-electron chi connectivity index (χ3n) is 3.04. The zero-order chi connectivity index (χ0) is 14.7. The highest BCUT2D eigenvalue weighted by molar-refractivity contribution is 7.98. The molecule has 0 fully saturated rings. The van der Waals surface area contributed by atoms with Crippen molar-refractivity contribution in [3.8, 4) is 16.5 Å². The summed E-state index contributed by atoms with van der Waals surface area (Å²) < 4.78 is 11.0. The van der Waals surface area contributed by atoms with Crippen LogP contribution in [0.4, 0.5) is 0 Å². The van der Waals surface area contributed by atoms with Crippen LogP contribution in [0.15, 0.2) is 51.1 Å². The van der Waals surface area contributed by atoms with Gasteiger partial charge in [-0.2, -0.15) is 0 Å². The van der Waals surface area contributed by atoms with Crippen molar-refractivity contribution in [1.29, 1.82) is 0 Å².